The summed E-state index contributed by atoms with van der Waals surface area (Å²) in [6.45, 7) is 8.49. The summed E-state index contributed by atoms with van der Waals surface area (Å²) in [4.78, 5) is 12.3. The van der Waals surface area contributed by atoms with E-state index in [9.17, 15) is 13.2 Å². The second-order valence-corrected chi connectivity index (χ2v) is 10.3. The fourth-order valence-corrected chi connectivity index (χ4v) is 4.36. The van der Waals surface area contributed by atoms with Crippen LogP contribution in [0.3, 0.4) is 0 Å². The molecule has 1 aromatic rings. The van der Waals surface area contributed by atoms with E-state index in [-0.39, 0.29) is 36.0 Å². The van der Waals surface area contributed by atoms with Gasteiger partial charge in [-0.2, -0.15) is 0 Å². The highest BCUT2D eigenvalue weighted by Crippen LogP contribution is 2.23. The van der Waals surface area contributed by atoms with Crippen molar-refractivity contribution in [3.05, 3.63) is 29.8 Å². The van der Waals surface area contributed by atoms with Gasteiger partial charge in [-0.15, -0.1) is 12.4 Å². The summed E-state index contributed by atoms with van der Waals surface area (Å²) in [6, 6.07) is 7.05. The lowest BCUT2D eigenvalue weighted by Crippen LogP contribution is -2.31. The molecule has 0 radical (unpaired) electrons. The van der Waals surface area contributed by atoms with Gasteiger partial charge in [-0.25, -0.2) is 8.42 Å². The number of hydrogen-bond acceptors (Lipinski definition) is 4. The molecule has 1 heterocycles. The van der Waals surface area contributed by atoms with Gasteiger partial charge in [0.05, 0.1) is 10.6 Å². The van der Waals surface area contributed by atoms with Crippen LogP contribution < -0.4 is 10.6 Å². The zero-order chi connectivity index (χ0) is 19.2. The molecule has 2 N–H and O–H groups in total. The Morgan fingerprint density at radius 2 is 1.74 bits per heavy atom. The average molecular weight is 417 g/mol. The largest absolute Gasteiger partial charge is 0.355 e. The first-order valence-electron chi connectivity index (χ1n) is 9.49. The minimum atomic E-state index is -3.38. The Kier molecular flexibility index (Phi) is 9.25. The summed E-state index contributed by atoms with van der Waals surface area (Å²) in [7, 11) is -3.38. The number of rotatable bonds is 7. The molecule has 0 saturated carbocycles. The van der Waals surface area contributed by atoms with Crippen molar-refractivity contribution < 1.29 is 13.2 Å². The zero-order valence-electron chi connectivity index (χ0n) is 16.6. The lowest BCUT2D eigenvalue weighted by atomic mass is 9.87. The first kappa shape index (κ1) is 23.9. The van der Waals surface area contributed by atoms with Gasteiger partial charge in [0, 0.05) is 13.0 Å². The molecule has 27 heavy (non-hydrogen) atoms. The molecule has 0 aromatic heterocycles. The second kappa shape index (κ2) is 10.4. The van der Waals surface area contributed by atoms with E-state index >= 15 is 0 Å². The number of piperidine rings is 1. The number of amides is 1. The molecular formula is C20H33ClN2O3S. The number of halogens is 1. The summed E-state index contributed by atoms with van der Waals surface area (Å²) in [5.41, 5.74) is 1.09. The van der Waals surface area contributed by atoms with E-state index in [0.29, 0.717) is 17.2 Å². The van der Waals surface area contributed by atoms with E-state index in [0.717, 1.165) is 37.9 Å². The quantitative estimate of drug-likeness (QED) is 0.716. The Labute approximate surface area is 170 Å². The Bertz CT molecular complexity index is 691. The average Bonchev–Trinajstić information content (AvgIpc) is 2.60. The van der Waals surface area contributed by atoms with Gasteiger partial charge in [-0.05, 0) is 61.4 Å². The molecule has 0 spiro atoms. The van der Waals surface area contributed by atoms with Gasteiger partial charge >= 0.3 is 0 Å². The Morgan fingerprint density at radius 1 is 1.15 bits per heavy atom. The maximum atomic E-state index is 12.4. The van der Waals surface area contributed by atoms with Gasteiger partial charge in [0.2, 0.25) is 5.91 Å². The van der Waals surface area contributed by atoms with Crippen LogP contribution in [0.1, 0.15) is 52.0 Å². The van der Waals surface area contributed by atoms with Crippen LogP contribution in [0.2, 0.25) is 0 Å². The molecule has 1 aromatic carbocycles. The smallest absolute Gasteiger partial charge is 0.220 e. The van der Waals surface area contributed by atoms with Crippen molar-refractivity contribution in [2.24, 2.45) is 5.92 Å². The molecule has 0 unspecified atom stereocenters. The third kappa shape index (κ3) is 7.80. The van der Waals surface area contributed by atoms with Crippen molar-refractivity contribution in [2.45, 2.75) is 56.8 Å². The third-order valence-corrected chi connectivity index (χ3v) is 6.74. The molecule has 1 fully saturated rings. The van der Waals surface area contributed by atoms with Crippen molar-refractivity contribution in [3.63, 3.8) is 0 Å². The molecule has 5 nitrogen and oxygen atoms in total. The van der Waals surface area contributed by atoms with Crippen LogP contribution >= 0.6 is 12.4 Å². The predicted octanol–water partition coefficient (Wildman–Crippen LogP) is 3.08. The monoisotopic (exact) mass is 416 g/mol. The molecule has 1 aliphatic rings. The van der Waals surface area contributed by atoms with Gasteiger partial charge in [0.15, 0.2) is 9.84 Å². The third-order valence-electron chi connectivity index (χ3n) is 5.01. The summed E-state index contributed by atoms with van der Waals surface area (Å²) in [6.07, 6.45) is 3.60. The molecule has 7 heteroatoms. The summed E-state index contributed by atoms with van der Waals surface area (Å²) in [5, 5.41) is 6.06. The molecule has 0 aliphatic carbocycles. The molecule has 2 rings (SSSR count). The standard InChI is InChI=1S/C20H32N2O3S.ClH/c1-20(2,3)17-5-7-18(8-6-17)26(24,25)15-14-22-19(23)9-4-16-10-12-21-13-11-16;/h5-8,16,21H,4,9-15H2,1-3H3,(H,22,23);1H. The second-order valence-electron chi connectivity index (χ2n) is 8.18. The van der Waals surface area contributed by atoms with Gasteiger partial charge in [0.25, 0.3) is 0 Å². The van der Waals surface area contributed by atoms with E-state index < -0.39 is 9.84 Å². The van der Waals surface area contributed by atoms with Gasteiger partial charge in [0.1, 0.15) is 0 Å². The SMILES string of the molecule is CC(C)(C)c1ccc(S(=O)(=O)CCNC(=O)CCC2CCNCC2)cc1.Cl. The molecule has 0 atom stereocenters. The van der Waals surface area contributed by atoms with E-state index in [1.165, 1.54) is 0 Å². The van der Waals surface area contributed by atoms with Crippen molar-refractivity contribution >= 4 is 28.2 Å². The number of hydrogen-bond donors (Lipinski definition) is 2. The van der Waals surface area contributed by atoms with Crippen LogP contribution in [0.5, 0.6) is 0 Å². The van der Waals surface area contributed by atoms with Crippen LogP contribution in [0.4, 0.5) is 0 Å². The topological polar surface area (TPSA) is 75.3 Å². The molecule has 1 amide bonds. The first-order valence-corrected chi connectivity index (χ1v) is 11.1. The number of carbonyl (C=O) groups excluding carboxylic acids is 1. The molecule has 154 valence electrons. The van der Waals surface area contributed by atoms with E-state index in [1.807, 2.05) is 12.1 Å². The number of sulfone groups is 1. The van der Waals surface area contributed by atoms with Crippen molar-refractivity contribution in [1.82, 2.24) is 10.6 Å². The maximum Gasteiger partial charge on any atom is 0.220 e. The fraction of sp³-hybridized carbons (Fsp3) is 0.650. The summed E-state index contributed by atoms with van der Waals surface area (Å²) >= 11 is 0. The van der Waals surface area contributed by atoms with Crippen LogP contribution in [0, 0.1) is 5.92 Å². The van der Waals surface area contributed by atoms with Crippen LogP contribution in [-0.2, 0) is 20.0 Å². The van der Waals surface area contributed by atoms with Crippen LogP contribution in [0.25, 0.3) is 0 Å². The highest BCUT2D eigenvalue weighted by Gasteiger charge is 2.18. The minimum absolute atomic E-state index is 0. The number of nitrogens with one attached hydrogen (secondary N) is 2. The summed E-state index contributed by atoms with van der Waals surface area (Å²) in [5.74, 6) is 0.481. The zero-order valence-corrected chi connectivity index (χ0v) is 18.2. The van der Waals surface area contributed by atoms with Gasteiger partial charge in [-0.3, -0.25) is 4.79 Å². The minimum Gasteiger partial charge on any atom is -0.355 e. The maximum absolute atomic E-state index is 12.4. The molecular weight excluding hydrogens is 384 g/mol. The van der Waals surface area contributed by atoms with Crippen LogP contribution in [0.15, 0.2) is 29.2 Å². The van der Waals surface area contributed by atoms with E-state index in [2.05, 4.69) is 31.4 Å². The van der Waals surface area contributed by atoms with Crippen molar-refractivity contribution in [1.29, 1.82) is 0 Å². The number of carbonyl (C=O) groups is 1. The van der Waals surface area contributed by atoms with Crippen LogP contribution in [-0.4, -0.2) is 39.7 Å². The van der Waals surface area contributed by atoms with Gasteiger partial charge < -0.3 is 10.6 Å². The highest BCUT2D eigenvalue weighted by atomic mass is 35.5. The molecule has 0 bridgehead atoms. The van der Waals surface area contributed by atoms with Crippen molar-refractivity contribution in [2.75, 3.05) is 25.4 Å². The first-order chi connectivity index (χ1) is 12.2. The van der Waals surface area contributed by atoms with Gasteiger partial charge in [-0.1, -0.05) is 32.9 Å². The highest BCUT2D eigenvalue weighted by molar-refractivity contribution is 7.91. The van der Waals surface area contributed by atoms with Crippen molar-refractivity contribution in [3.8, 4) is 0 Å². The lowest BCUT2D eigenvalue weighted by Gasteiger charge is -2.22. The summed E-state index contributed by atoms with van der Waals surface area (Å²) < 4.78 is 24.8. The molecule has 1 aliphatic heterocycles. The lowest BCUT2D eigenvalue weighted by molar-refractivity contribution is -0.121. The number of benzene rings is 1. The Morgan fingerprint density at radius 3 is 2.30 bits per heavy atom. The Hall–Kier alpha value is -1.11. The normalized spacial score (nSPS) is 15.8. The Balaban J connectivity index is 0.00000364. The fourth-order valence-electron chi connectivity index (χ4n) is 3.20. The predicted molar refractivity (Wildman–Crippen MR) is 112 cm³/mol. The van der Waals surface area contributed by atoms with E-state index in [4.69, 9.17) is 0 Å². The van der Waals surface area contributed by atoms with E-state index in [1.54, 1.807) is 12.1 Å². The molecule has 1 saturated heterocycles.